The fourth-order valence-electron chi connectivity index (χ4n) is 2.74. The van der Waals surface area contributed by atoms with Crippen molar-refractivity contribution in [2.75, 3.05) is 16.8 Å². The third-order valence-electron chi connectivity index (χ3n) is 4.01. The zero-order valence-electron chi connectivity index (χ0n) is 13.2. The summed E-state index contributed by atoms with van der Waals surface area (Å²) in [6, 6.07) is 3.99. The molecule has 1 N–H and O–H groups in total. The van der Waals surface area contributed by atoms with Gasteiger partial charge in [0.2, 0.25) is 5.91 Å². The Hall–Kier alpha value is -3.02. The Kier molecular flexibility index (Phi) is 4.12. The van der Waals surface area contributed by atoms with E-state index in [4.69, 9.17) is 5.26 Å². The van der Waals surface area contributed by atoms with E-state index in [0.717, 1.165) is 12.1 Å². The van der Waals surface area contributed by atoms with E-state index in [1.54, 1.807) is 35.1 Å². The van der Waals surface area contributed by atoms with Crippen LogP contribution in [-0.4, -0.2) is 28.3 Å². The number of carbonyl (C=O) groups excluding carboxylic acids is 1. The van der Waals surface area contributed by atoms with Crippen molar-refractivity contribution in [2.24, 2.45) is 7.05 Å². The van der Waals surface area contributed by atoms with Crippen molar-refractivity contribution in [3.8, 4) is 6.07 Å². The summed E-state index contributed by atoms with van der Waals surface area (Å²) in [5.41, 5.74) is -0.182. The lowest BCUT2D eigenvalue weighted by atomic mass is 10.1. The van der Waals surface area contributed by atoms with Gasteiger partial charge in [-0.3, -0.25) is 9.48 Å². The second kappa shape index (κ2) is 6.12. The molecule has 1 fully saturated rings. The van der Waals surface area contributed by atoms with Crippen LogP contribution in [0.5, 0.6) is 0 Å². The van der Waals surface area contributed by atoms with Crippen LogP contribution in [0.15, 0.2) is 30.6 Å². The minimum Gasteiger partial charge on any atom is -0.373 e. The van der Waals surface area contributed by atoms with Crippen LogP contribution in [0, 0.1) is 11.3 Å². The SMILES string of the molecule is Cn1cc(N2CCC(Nc3ccc(C(F)(F)F)cc3C#N)C2=O)cn1. The molecule has 2 heterocycles. The molecule has 1 saturated heterocycles. The maximum atomic E-state index is 12.7. The molecule has 0 bridgehead atoms. The Morgan fingerprint density at radius 2 is 2.16 bits per heavy atom. The number of benzene rings is 1. The van der Waals surface area contributed by atoms with Crippen molar-refractivity contribution in [1.29, 1.82) is 5.26 Å². The van der Waals surface area contributed by atoms with Gasteiger partial charge in [0.05, 0.1) is 28.7 Å². The van der Waals surface area contributed by atoms with Gasteiger partial charge in [0.1, 0.15) is 12.1 Å². The average Bonchev–Trinajstić information content (AvgIpc) is 3.13. The molecule has 2 aromatic rings. The predicted molar refractivity (Wildman–Crippen MR) is 83.7 cm³/mol. The molecule has 9 heteroatoms. The molecule has 0 saturated carbocycles. The van der Waals surface area contributed by atoms with Gasteiger partial charge in [-0.05, 0) is 24.6 Å². The van der Waals surface area contributed by atoms with E-state index in [-0.39, 0.29) is 17.2 Å². The molecule has 1 amide bonds. The number of hydrogen-bond donors (Lipinski definition) is 1. The minimum atomic E-state index is -4.52. The first-order valence-electron chi connectivity index (χ1n) is 7.47. The van der Waals surface area contributed by atoms with E-state index < -0.39 is 17.8 Å². The fourth-order valence-corrected chi connectivity index (χ4v) is 2.74. The topological polar surface area (TPSA) is 73.9 Å². The van der Waals surface area contributed by atoms with E-state index in [2.05, 4.69) is 10.4 Å². The summed E-state index contributed by atoms with van der Waals surface area (Å²) in [6.45, 7) is 0.463. The molecule has 1 aromatic heterocycles. The number of nitrogens with one attached hydrogen (secondary N) is 1. The Morgan fingerprint density at radius 3 is 2.76 bits per heavy atom. The van der Waals surface area contributed by atoms with Gasteiger partial charge >= 0.3 is 6.18 Å². The lowest BCUT2D eigenvalue weighted by Gasteiger charge is -2.17. The summed E-state index contributed by atoms with van der Waals surface area (Å²) >= 11 is 0. The fraction of sp³-hybridized carbons (Fsp3) is 0.312. The van der Waals surface area contributed by atoms with E-state index in [9.17, 15) is 18.0 Å². The maximum Gasteiger partial charge on any atom is 0.416 e. The number of anilines is 2. The third kappa shape index (κ3) is 3.28. The lowest BCUT2D eigenvalue weighted by molar-refractivity contribution is -0.137. The molecule has 1 aliphatic rings. The van der Waals surface area contributed by atoms with Crippen LogP contribution < -0.4 is 10.2 Å². The Labute approximate surface area is 141 Å². The molecule has 3 rings (SSSR count). The number of alkyl halides is 3. The highest BCUT2D eigenvalue weighted by molar-refractivity contribution is 6.01. The Balaban J connectivity index is 1.79. The second-order valence-corrected chi connectivity index (χ2v) is 5.72. The van der Waals surface area contributed by atoms with Gasteiger partial charge in [-0.15, -0.1) is 0 Å². The number of hydrogen-bond acceptors (Lipinski definition) is 4. The van der Waals surface area contributed by atoms with Crippen LogP contribution in [-0.2, 0) is 18.0 Å². The number of halogens is 3. The van der Waals surface area contributed by atoms with Crippen LogP contribution in [0.3, 0.4) is 0 Å². The second-order valence-electron chi connectivity index (χ2n) is 5.72. The van der Waals surface area contributed by atoms with Crippen LogP contribution in [0.1, 0.15) is 17.5 Å². The summed E-state index contributed by atoms with van der Waals surface area (Å²) in [6.07, 6.45) is -0.776. The highest BCUT2D eigenvalue weighted by atomic mass is 19.4. The van der Waals surface area contributed by atoms with E-state index in [1.807, 2.05) is 0 Å². The number of carbonyl (C=O) groups is 1. The summed E-state index contributed by atoms with van der Waals surface area (Å²) in [5, 5.41) is 16.0. The Morgan fingerprint density at radius 1 is 1.40 bits per heavy atom. The first-order chi connectivity index (χ1) is 11.8. The molecule has 1 aromatic carbocycles. The standard InChI is InChI=1S/C16H14F3N5O/c1-23-9-12(8-21-23)24-5-4-14(15(24)25)22-13-3-2-11(16(17,18)19)6-10(13)7-20/h2-3,6,8-9,14,22H,4-5H2,1H3. The van der Waals surface area contributed by atoms with Gasteiger partial charge in [-0.2, -0.15) is 23.5 Å². The predicted octanol–water partition coefficient (Wildman–Crippen LogP) is 2.53. The average molecular weight is 349 g/mol. The number of rotatable bonds is 3. The van der Waals surface area contributed by atoms with Crippen molar-refractivity contribution in [3.05, 3.63) is 41.7 Å². The highest BCUT2D eigenvalue weighted by Gasteiger charge is 2.34. The van der Waals surface area contributed by atoms with Crippen LogP contribution in [0.25, 0.3) is 0 Å². The van der Waals surface area contributed by atoms with Gasteiger partial charge < -0.3 is 10.2 Å². The van der Waals surface area contributed by atoms with Crippen LogP contribution in [0.2, 0.25) is 0 Å². The number of aromatic nitrogens is 2. The van der Waals surface area contributed by atoms with Gasteiger partial charge in [0.15, 0.2) is 0 Å². The molecule has 1 unspecified atom stereocenters. The number of aryl methyl sites for hydroxylation is 1. The van der Waals surface area contributed by atoms with Gasteiger partial charge in [0.25, 0.3) is 0 Å². The molecular weight excluding hydrogens is 335 g/mol. The highest BCUT2D eigenvalue weighted by Crippen LogP contribution is 2.32. The van der Waals surface area contributed by atoms with Crippen molar-refractivity contribution in [2.45, 2.75) is 18.6 Å². The van der Waals surface area contributed by atoms with Gasteiger partial charge in [0, 0.05) is 19.8 Å². The van der Waals surface area contributed by atoms with Crippen LogP contribution in [0.4, 0.5) is 24.5 Å². The molecule has 1 aliphatic heterocycles. The molecular formula is C16H14F3N5O. The number of nitrogens with zero attached hydrogens (tertiary/aromatic N) is 4. The zero-order chi connectivity index (χ0) is 18.2. The summed E-state index contributed by atoms with van der Waals surface area (Å²) < 4.78 is 39.8. The monoisotopic (exact) mass is 349 g/mol. The number of nitriles is 1. The van der Waals surface area contributed by atoms with E-state index in [1.165, 1.54) is 6.07 Å². The summed E-state index contributed by atoms with van der Waals surface area (Å²) in [7, 11) is 1.74. The smallest absolute Gasteiger partial charge is 0.373 e. The van der Waals surface area contributed by atoms with Crippen LogP contribution >= 0.6 is 0 Å². The quantitative estimate of drug-likeness (QED) is 0.924. The van der Waals surface area contributed by atoms with Crippen molar-refractivity contribution in [3.63, 3.8) is 0 Å². The largest absolute Gasteiger partial charge is 0.416 e. The summed E-state index contributed by atoms with van der Waals surface area (Å²) in [5.74, 6) is -0.211. The van der Waals surface area contributed by atoms with E-state index in [0.29, 0.717) is 18.7 Å². The summed E-state index contributed by atoms with van der Waals surface area (Å²) in [4.78, 5) is 14.1. The molecule has 0 spiro atoms. The normalized spacial score (nSPS) is 17.6. The number of amides is 1. The third-order valence-corrected chi connectivity index (χ3v) is 4.01. The van der Waals surface area contributed by atoms with Crippen molar-refractivity contribution < 1.29 is 18.0 Å². The lowest BCUT2D eigenvalue weighted by Crippen LogP contribution is -2.33. The van der Waals surface area contributed by atoms with Crippen molar-refractivity contribution in [1.82, 2.24) is 9.78 Å². The first kappa shape index (κ1) is 16.8. The molecule has 6 nitrogen and oxygen atoms in total. The van der Waals surface area contributed by atoms with Gasteiger partial charge in [-0.1, -0.05) is 0 Å². The molecule has 25 heavy (non-hydrogen) atoms. The van der Waals surface area contributed by atoms with Gasteiger partial charge in [-0.25, -0.2) is 0 Å². The molecule has 0 aliphatic carbocycles. The molecule has 1 atom stereocenters. The van der Waals surface area contributed by atoms with Crippen molar-refractivity contribution >= 4 is 17.3 Å². The molecule has 0 radical (unpaired) electrons. The van der Waals surface area contributed by atoms with E-state index >= 15 is 0 Å². The Bertz CT molecular complexity index is 852. The minimum absolute atomic E-state index is 0.151. The molecule has 130 valence electrons. The maximum absolute atomic E-state index is 12.7. The zero-order valence-corrected chi connectivity index (χ0v) is 13.2. The first-order valence-corrected chi connectivity index (χ1v) is 7.47.